The lowest BCUT2D eigenvalue weighted by Gasteiger charge is -2.17. The number of rotatable bonds is 4. The highest BCUT2D eigenvalue weighted by atomic mass is 32.1. The Balaban J connectivity index is 2.69. The highest BCUT2D eigenvalue weighted by Gasteiger charge is 2.15. The Hall–Kier alpha value is -1.82. The van der Waals surface area contributed by atoms with Crippen molar-refractivity contribution in [1.82, 2.24) is 4.90 Å². The van der Waals surface area contributed by atoms with Crippen molar-refractivity contribution >= 4 is 17.2 Å². The van der Waals surface area contributed by atoms with Crippen LogP contribution in [0.5, 0.6) is 0 Å². The minimum atomic E-state index is -0.183. The average molecular weight is 276 g/mol. The summed E-state index contributed by atoms with van der Waals surface area (Å²) in [5.41, 5.74) is 0. The van der Waals surface area contributed by atoms with Gasteiger partial charge in [-0.25, -0.2) is 0 Å². The van der Waals surface area contributed by atoms with Gasteiger partial charge in [-0.15, -0.1) is 11.3 Å². The molecular weight excluding hydrogens is 260 g/mol. The van der Waals surface area contributed by atoms with Crippen molar-refractivity contribution < 1.29 is 9.90 Å². The lowest BCUT2D eigenvalue weighted by Crippen LogP contribution is -2.30. The van der Waals surface area contributed by atoms with Gasteiger partial charge >= 0.3 is 0 Å². The average Bonchev–Trinajstić information content (AvgIpc) is 2.86. The molecule has 1 heterocycles. The van der Waals surface area contributed by atoms with Crippen molar-refractivity contribution in [3.8, 4) is 17.9 Å². The van der Waals surface area contributed by atoms with E-state index in [2.05, 4.69) is 17.9 Å². The van der Waals surface area contributed by atoms with Crippen LogP contribution in [0.2, 0.25) is 0 Å². The van der Waals surface area contributed by atoms with Gasteiger partial charge in [0.05, 0.1) is 28.3 Å². The van der Waals surface area contributed by atoms with Crippen molar-refractivity contribution in [3.63, 3.8) is 0 Å². The smallest absolute Gasteiger partial charge is 0.263 e. The zero-order chi connectivity index (χ0) is 14.3. The van der Waals surface area contributed by atoms with Gasteiger partial charge in [-0.1, -0.05) is 11.8 Å². The number of nitriles is 1. The minimum absolute atomic E-state index is 0.0406. The molecule has 0 aliphatic carbocycles. The minimum Gasteiger partial charge on any atom is -0.395 e. The third kappa shape index (κ3) is 4.75. The highest BCUT2D eigenvalue weighted by molar-refractivity contribution is 7.14. The summed E-state index contributed by atoms with van der Waals surface area (Å²) >= 11 is 1.33. The van der Waals surface area contributed by atoms with E-state index in [1.807, 2.05) is 0 Å². The van der Waals surface area contributed by atoms with Crippen LogP contribution in [-0.2, 0) is 0 Å². The van der Waals surface area contributed by atoms with Crippen LogP contribution in [0.4, 0.5) is 0 Å². The van der Waals surface area contributed by atoms with E-state index in [1.165, 1.54) is 11.3 Å². The number of carbonyl (C=O) groups is 1. The van der Waals surface area contributed by atoms with E-state index in [1.54, 1.807) is 31.0 Å². The van der Waals surface area contributed by atoms with Crippen molar-refractivity contribution in [3.05, 3.63) is 21.9 Å². The Labute approximate surface area is 117 Å². The summed E-state index contributed by atoms with van der Waals surface area (Å²) in [6.45, 7) is 2.24. The first-order chi connectivity index (χ1) is 9.08. The quantitative estimate of drug-likeness (QED) is 0.852. The summed E-state index contributed by atoms with van der Waals surface area (Å²) in [6.07, 6.45) is 0.431. The van der Waals surface area contributed by atoms with Gasteiger partial charge in [0, 0.05) is 20.0 Å². The Bertz CT molecular complexity index is 534. The fourth-order valence-electron chi connectivity index (χ4n) is 1.45. The molecule has 0 radical (unpaired) electrons. The monoisotopic (exact) mass is 276 g/mol. The Kier molecular flexibility index (Phi) is 6.08. The number of carbonyl (C=O) groups excluding carboxylic acids is 1. The molecule has 19 heavy (non-hydrogen) atoms. The topological polar surface area (TPSA) is 64.3 Å². The summed E-state index contributed by atoms with van der Waals surface area (Å²) in [5, 5.41) is 17.4. The molecule has 1 atom stereocenters. The Morgan fingerprint density at radius 2 is 2.32 bits per heavy atom. The van der Waals surface area contributed by atoms with Crippen LogP contribution in [0.15, 0.2) is 12.1 Å². The van der Waals surface area contributed by atoms with Crippen LogP contribution >= 0.6 is 11.3 Å². The molecule has 0 saturated carbocycles. The van der Waals surface area contributed by atoms with Gasteiger partial charge in [-0.2, -0.15) is 5.26 Å². The predicted octanol–water partition coefficient (Wildman–Crippen LogP) is 1.71. The van der Waals surface area contributed by atoms with Gasteiger partial charge < -0.3 is 10.0 Å². The summed E-state index contributed by atoms with van der Waals surface area (Å²) in [5.74, 6) is 5.44. The molecule has 100 valence electrons. The molecule has 0 aliphatic rings. The number of thiophene rings is 1. The fraction of sp³-hybridized carbons (Fsp3) is 0.429. The maximum absolute atomic E-state index is 12.1. The highest BCUT2D eigenvalue weighted by Crippen LogP contribution is 2.17. The molecule has 1 aromatic heterocycles. The predicted molar refractivity (Wildman–Crippen MR) is 74.6 cm³/mol. The van der Waals surface area contributed by atoms with Crippen molar-refractivity contribution in [2.24, 2.45) is 5.92 Å². The number of amides is 1. The fourth-order valence-corrected chi connectivity index (χ4v) is 2.32. The third-order valence-electron chi connectivity index (χ3n) is 2.38. The largest absolute Gasteiger partial charge is 0.395 e. The number of aliphatic hydroxyl groups is 1. The van der Waals surface area contributed by atoms with Gasteiger partial charge in [0.1, 0.15) is 0 Å². The van der Waals surface area contributed by atoms with E-state index in [0.29, 0.717) is 17.8 Å². The van der Waals surface area contributed by atoms with Gasteiger partial charge in [-0.05, 0) is 19.1 Å². The molecule has 0 fully saturated rings. The molecule has 1 aromatic rings. The molecule has 5 heteroatoms. The number of nitrogens with zero attached hydrogens (tertiary/aromatic N) is 2. The van der Waals surface area contributed by atoms with Gasteiger partial charge in [-0.3, -0.25) is 4.79 Å². The second kappa shape index (κ2) is 7.58. The number of hydrogen-bond donors (Lipinski definition) is 1. The molecule has 4 nitrogen and oxygen atoms in total. The zero-order valence-electron chi connectivity index (χ0n) is 11.0. The lowest BCUT2D eigenvalue weighted by atomic mass is 10.2. The van der Waals surface area contributed by atoms with Crippen molar-refractivity contribution in [2.75, 3.05) is 20.2 Å². The molecule has 1 unspecified atom stereocenters. The molecule has 0 spiro atoms. The SMILES string of the molecule is CC(C#N)CN(C)C(=O)c1ccc(C#CCCO)s1. The van der Waals surface area contributed by atoms with Crippen LogP contribution in [0.3, 0.4) is 0 Å². The van der Waals surface area contributed by atoms with E-state index < -0.39 is 0 Å². The summed E-state index contributed by atoms with van der Waals surface area (Å²) in [4.78, 5) is 15.0. The normalized spacial score (nSPS) is 11.1. The maximum atomic E-state index is 12.1. The van der Waals surface area contributed by atoms with Crippen LogP contribution < -0.4 is 0 Å². The molecule has 1 N–H and O–H groups in total. The third-order valence-corrected chi connectivity index (χ3v) is 3.37. The Morgan fingerprint density at radius 1 is 1.58 bits per heavy atom. The molecular formula is C14H16N2O2S. The molecule has 0 saturated heterocycles. The summed E-state index contributed by atoms with van der Waals surface area (Å²) < 4.78 is 0. The standard InChI is InChI=1S/C14H16N2O2S/c1-11(9-15)10-16(2)14(18)13-7-6-12(19-13)5-3-4-8-17/h6-7,11,17H,4,8,10H2,1-2H3. The van der Waals surface area contributed by atoms with Gasteiger partial charge in [0.15, 0.2) is 0 Å². The Morgan fingerprint density at radius 3 is 2.95 bits per heavy atom. The molecule has 0 aromatic carbocycles. The van der Waals surface area contributed by atoms with Gasteiger partial charge in [0.25, 0.3) is 5.91 Å². The first-order valence-electron chi connectivity index (χ1n) is 5.93. The molecule has 0 bridgehead atoms. The molecule has 1 amide bonds. The second-order valence-electron chi connectivity index (χ2n) is 4.16. The summed E-state index contributed by atoms with van der Waals surface area (Å²) in [7, 11) is 1.69. The first kappa shape index (κ1) is 15.2. The second-order valence-corrected chi connectivity index (χ2v) is 5.24. The van der Waals surface area contributed by atoms with Crippen LogP contribution in [-0.4, -0.2) is 36.1 Å². The van der Waals surface area contributed by atoms with E-state index in [9.17, 15) is 4.79 Å². The van der Waals surface area contributed by atoms with Crippen LogP contribution in [0.25, 0.3) is 0 Å². The van der Waals surface area contributed by atoms with Crippen molar-refractivity contribution in [2.45, 2.75) is 13.3 Å². The van der Waals surface area contributed by atoms with E-state index in [4.69, 9.17) is 10.4 Å². The van der Waals surface area contributed by atoms with E-state index in [-0.39, 0.29) is 18.4 Å². The summed E-state index contributed by atoms with van der Waals surface area (Å²) in [6, 6.07) is 5.64. The zero-order valence-corrected chi connectivity index (χ0v) is 11.8. The number of aliphatic hydroxyl groups excluding tert-OH is 1. The molecule has 0 aliphatic heterocycles. The van der Waals surface area contributed by atoms with E-state index in [0.717, 1.165) is 4.88 Å². The van der Waals surface area contributed by atoms with Crippen LogP contribution in [0.1, 0.15) is 27.9 Å². The van der Waals surface area contributed by atoms with E-state index >= 15 is 0 Å². The lowest BCUT2D eigenvalue weighted by molar-refractivity contribution is 0.0790. The number of hydrogen-bond acceptors (Lipinski definition) is 4. The van der Waals surface area contributed by atoms with Crippen molar-refractivity contribution in [1.29, 1.82) is 5.26 Å². The first-order valence-corrected chi connectivity index (χ1v) is 6.74. The molecule has 1 rings (SSSR count). The van der Waals surface area contributed by atoms with Crippen LogP contribution in [0, 0.1) is 29.1 Å². The maximum Gasteiger partial charge on any atom is 0.263 e. The van der Waals surface area contributed by atoms with Gasteiger partial charge in [0.2, 0.25) is 0 Å².